The second-order valence-electron chi connectivity index (χ2n) is 5.73. The summed E-state index contributed by atoms with van der Waals surface area (Å²) in [5, 5.41) is 4.01. The molecular formula is C17H16N4O3S. The Morgan fingerprint density at radius 3 is 3.04 bits per heavy atom. The lowest BCUT2D eigenvalue weighted by Gasteiger charge is -2.25. The number of carbonyl (C=O) groups is 2. The van der Waals surface area contributed by atoms with E-state index in [4.69, 9.17) is 0 Å². The molecule has 0 radical (unpaired) electrons. The molecule has 0 saturated carbocycles. The van der Waals surface area contributed by atoms with Crippen LogP contribution in [0.4, 0.5) is 9.93 Å². The molecule has 1 aliphatic heterocycles. The van der Waals surface area contributed by atoms with Crippen LogP contribution in [-0.4, -0.2) is 40.5 Å². The average molecular weight is 356 g/mol. The van der Waals surface area contributed by atoms with Gasteiger partial charge in [-0.3, -0.25) is 10.1 Å². The van der Waals surface area contributed by atoms with Crippen LogP contribution in [0, 0.1) is 0 Å². The molecule has 0 saturated heterocycles. The Hall–Kier alpha value is -2.87. The Balaban J connectivity index is 1.55. The molecule has 0 aliphatic carbocycles. The highest BCUT2D eigenvalue weighted by Gasteiger charge is 2.26. The van der Waals surface area contributed by atoms with E-state index in [1.54, 1.807) is 6.20 Å². The maximum absolute atomic E-state index is 12.9. The van der Waals surface area contributed by atoms with Crippen LogP contribution >= 0.6 is 11.3 Å². The molecule has 4 rings (SSSR count). The predicted molar refractivity (Wildman–Crippen MR) is 94.9 cm³/mol. The highest BCUT2D eigenvalue weighted by atomic mass is 32.1. The van der Waals surface area contributed by atoms with Crippen molar-refractivity contribution < 1.29 is 14.3 Å². The summed E-state index contributed by atoms with van der Waals surface area (Å²) in [6.45, 7) is 1.10. The Morgan fingerprint density at radius 2 is 2.20 bits per heavy atom. The molecule has 0 unspecified atom stereocenters. The molecule has 3 aromatic rings. The van der Waals surface area contributed by atoms with Crippen molar-refractivity contribution in [3.05, 3.63) is 46.6 Å². The summed E-state index contributed by atoms with van der Waals surface area (Å²) in [5.74, 6) is -0.000947. The lowest BCUT2D eigenvalue weighted by Crippen LogP contribution is -2.35. The largest absolute Gasteiger partial charge is 0.453 e. The molecule has 2 amide bonds. The number of benzene rings is 1. The number of aromatic amines is 1. The van der Waals surface area contributed by atoms with Crippen LogP contribution in [0.2, 0.25) is 0 Å². The maximum Gasteiger partial charge on any atom is 0.413 e. The van der Waals surface area contributed by atoms with Crippen LogP contribution < -0.4 is 5.32 Å². The van der Waals surface area contributed by atoms with Gasteiger partial charge in [0.25, 0.3) is 5.91 Å². The third kappa shape index (κ3) is 2.85. The van der Waals surface area contributed by atoms with Gasteiger partial charge >= 0.3 is 6.09 Å². The summed E-state index contributed by atoms with van der Waals surface area (Å²) < 4.78 is 4.58. The number of H-pyrrole nitrogens is 1. The number of hydrogen-bond acceptors (Lipinski definition) is 5. The predicted octanol–water partition coefficient (Wildman–Crippen LogP) is 3.00. The number of aromatic nitrogens is 2. The number of nitrogens with one attached hydrogen (secondary N) is 2. The van der Waals surface area contributed by atoms with Gasteiger partial charge in [-0.2, -0.15) is 0 Å². The normalized spacial score (nSPS) is 13.6. The van der Waals surface area contributed by atoms with Gasteiger partial charge in [-0.15, -0.1) is 0 Å². The monoisotopic (exact) mass is 356 g/mol. The quantitative estimate of drug-likeness (QED) is 0.739. The van der Waals surface area contributed by atoms with E-state index in [2.05, 4.69) is 20.0 Å². The molecule has 1 aromatic carbocycles. The van der Waals surface area contributed by atoms with Crippen molar-refractivity contribution in [1.82, 2.24) is 14.9 Å². The highest BCUT2D eigenvalue weighted by molar-refractivity contribution is 7.15. The minimum Gasteiger partial charge on any atom is -0.453 e. The zero-order valence-electron chi connectivity index (χ0n) is 13.5. The third-order valence-corrected chi connectivity index (χ3v) is 5.23. The van der Waals surface area contributed by atoms with Gasteiger partial charge in [-0.05, 0) is 6.07 Å². The number of carbonyl (C=O) groups excluding carboxylic acids is 2. The van der Waals surface area contributed by atoms with Crippen molar-refractivity contribution in [2.75, 3.05) is 19.0 Å². The highest BCUT2D eigenvalue weighted by Crippen LogP contribution is 2.30. The zero-order chi connectivity index (χ0) is 17.4. The van der Waals surface area contributed by atoms with Gasteiger partial charge in [0.05, 0.1) is 24.9 Å². The van der Waals surface area contributed by atoms with Crippen molar-refractivity contribution in [2.45, 2.75) is 13.0 Å². The number of thiazole rings is 1. The fourth-order valence-corrected chi connectivity index (χ4v) is 3.99. The van der Waals surface area contributed by atoms with Gasteiger partial charge in [-0.25, -0.2) is 9.78 Å². The molecule has 1 aliphatic rings. The fraction of sp³-hybridized carbons (Fsp3) is 0.235. The molecule has 128 valence electrons. The second kappa shape index (κ2) is 6.21. The summed E-state index contributed by atoms with van der Waals surface area (Å²) >= 11 is 1.38. The van der Waals surface area contributed by atoms with Crippen LogP contribution in [0.1, 0.15) is 20.9 Å². The SMILES string of the molecule is COC(=O)Nc1nc2c(s1)CN(C(=O)c1c[nH]c3ccccc13)CC2. The van der Waals surface area contributed by atoms with Crippen LogP contribution in [0.3, 0.4) is 0 Å². The standard InChI is InChI=1S/C17H16N4O3S/c1-24-17(23)20-16-19-13-6-7-21(9-14(13)25-16)15(22)11-8-18-12-5-3-2-4-10(11)12/h2-5,8,18H,6-7,9H2,1H3,(H,19,20,23). The third-order valence-electron chi connectivity index (χ3n) is 4.23. The smallest absolute Gasteiger partial charge is 0.413 e. The summed E-state index contributed by atoms with van der Waals surface area (Å²) in [7, 11) is 1.31. The summed E-state index contributed by atoms with van der Waals surface area (Å²) in [4.78, 5) is 34.6. The van der Waals surface area contributed by atoms with Gasteiger partial charge in [-0.1, -0.05) is 29.5 Å². The molecule has 0 spiro atoms. The number of methoxy groups -OCH3 is 1. The molecule has 2 N–H and O–H groups in total. The van der Waals surface area contributed by atoms with Crippen molar-refractivity contribution in [3.8, 4) is 0 Å². The first-order valence-electron chi connectivity index (χ1n) is 7.84. The topological polar surface area (TPSA) is 87.3 Å². The molecular weight excluding hydrogens is 340 g/mol. The van der Waals surface area contributed by atoms with E-state index in [0.717, 1.165) is 21.5 Å². The van der Waals surface area contributed by atoms with Crippen LogP contribution in [0.25, 0.3) is 10.9 Å². The Labute approximate surface area is 147 Å². The van der Waals surface area contributed by atoms with Crippen molar-refractivity contribution in [3.63, 3.8) is 0 Å². The number of amides is 2. The number of rotatable bonds is 2. The molecule has 7 nitrogen and oxygen atoms in total. The first kappa shape index (κ1) is 15.6. The molecule has 2 aromatic heterocycles. The molecule has 0 bridgehead atoms. The maximum atomic E-state index is 12.9. The van der Waals surface area contributed by atoms with Crippen LogP contribution in [0.15, 0.2) is 30.5 Å². The number of nitrogens with zero attached hydrogens (tertiary/aromatic N) is 2. The van der Waals surface area contributed by atoms with Crippen molar-refractivity contribution in [2.24, 2.45) is 0 Å². The first-order chi connectivity index (χ1) is 12.2. The van der Waals surface area contributed by atoms with Gasteiger partial charge in [0.15, 0.2) is 5.13 Å². The van der Waals surface area contributed by atoms with Gasteiger partial charge < -0.3 is 14.6 Å². The minimum absolute atomic E-state index is 0.000947. The van der Waals surface area contributed by atoms with E-state index in [1.165, 1.54) is 18.4 Å². The minimum atomic E-state index is -0.544. The molecule has 0 fully saturated rings. The average Bonchev–Trinajstić information content (AvgIpc) is 3.23. The van der Waals surface area contributed by atoms with Gasteiger partial charge in [0.1, 0.15) is 0 Å². The number of hydrogen-bond donors (Lipinski definition) is 2. The van der Waals surface area contributed by atoms with E-state index in [1.807, 2.05) is 29.2 Å². The van der Waals surface area contributed by atoms with Crippen molar-refractivity contribution in [1.29, 1.82) is 0 Å². The zero-order valence-corrected chi connectivity index (χ0v) is 14.4. The second-order valence-corrected chi connectivity index (χ2v) is 6.81. The van der Waals surface area contributed by atoms with E-state index in [9.17, 15) is 9.59 Å². The molecule has 3 heterocycles. The number of fused-ring (bicyclic) bond motifs is 2. The number of anilines is 1. The summed E-state index contributed by atoms with van der Waals surface area (Å²) in [6.07, 6.45) is 1.89. The lowest BCUT2D eigenvalue weighted by molar-refractivity contribution is 0.0738. The van der Waals surface area contributed by atoms with Gasteiger partial charge in [0.2, 0.25) is 0 Å². The van der Waals surface area contributed by atoms with Crippen molar-refractivity contribution >= 4 is 39.4 Å². The van der Waals surface area contributed by atoms with Gasteiger partial charge in [0, 0.05) is 34.9 Å². The first-order valence-corrected chi connectivity index (χ1v) is 8.66. The fourth-order valence-electron chi connectivity index (χ4n) is 2.98. The van der Waals surface area contributed by atoms with E-state index >= 15 is 0 Å². The summed E-state index contributed by atoms with van der Waals surface area (Å²) in [5.41, 5.74) is 2.56. The molecule has 8 heteroatoms. The Bertz CT molecular complexity index is 962. The summed E-state index contributed by atoms with van der Waals surface area (Å²) in [6, 6.07) is 7.76. The van der Waals surface area contributed by atoms with E-state index < -0.39 is 6.09 Å². The molecule has 0 atom stereocenters. The number of para-hydroxylation sites is 1. The molecule has 25 heavy (non-hydrogen) atoms. The van der Waals surface area contributed by atoms with Crippen LogP contribution in [-0.2, 0) is 17.7 Å². The van der Waals surface area contributed by atoms with Crippen LogP contribution in [0.5, 0.6) is 0 Å². The number of ether oxygens (including phenoxy) is 1. The Kier molecular flexibility index (Phi) is 3.89. The lowest BCUT2D eigenvalue weighted by atomic mass is 10.1. The Morgan fingerprint density at radius 1 is 1.36 bits per heavy atom. The van der Waals surface area contributed by atoms with E-state index in [-0.39, 0.29) is 5.91 Å². The van der Waals surface area contributed by atoms with E-state index in [0.29, 0.717) is 30.2 Å².